The molecule has 1 rings (SSSR count). The van der Waals surface area contributed by atoms with E-state index in [0.29, 0.717) is 0 Å². The van der Waals surface area contributed by atoms with E-state index in [1.807, 2.05) is 0 Å². The second kappa shape index (κ2) is 5.75. The van der Waals surface area contributed by atoms with Crippen molar-refractivity contribution in [3.63, 3.8) is 0 Å². The third-order valence-electron chi connectivity index (χ3n) is 2.25. The topological polar surface area (TPSA) is 159 Å². The molecule has 18 heavy (non-hydrogen) atoms. The summed E-state index contributed by atoms with van der Waals surface area (Å²) in [5.41, 5.74) is 0. The van der Waals surface area contributed by atoms with E-state index in [0.717, 1.165) is 0 Å². The third-order valence-corrected chi connectivity index (χ3v) is 3.31. The molecular formula is C6H13NO9S2. The molecule has 10 nitrogen and oxygen atoms in total. The molecule has 0 aromatic rings. The first-order valence-electron chi connectivity index (χ1n) is 4.75. The highest BCUT2D eigenvalue weighted by Crippen LogP contribution is 2.19. The molecule has 0 aliphatic carbocycles. The Morgan fingerprint density at radius 3 is 2.33 bits per heavy atom. The molecule has 0 saturated carbocycles. The van der Waals surface area contributed by atoms with Gasteiger partial charge in [0.25, 0.3) is 0 Å². The van der Waals surface area contributed by atoms with Crippen molar-refractivity contribution in [1.29, 1.82) is 0 Å². The Labute approximate surface area is 104 Å². The second-order valence-electron chi connectivity index (χ2n) is 3.56. The van der Waals surface area contributed by atoms with Gasteiger partial charge in [-0.05, 0) is 0 Å². The summed E-state index contributed by atoms with van der Waals surface area (Å²) in [6, 6.07) is -1.35. The van der Waals surface area contributed by atoms with Gasteiger partial charge < -0.3 is 9.84 Å². The number of ether oxygens (including phenoxy) is 1. The predicted molar refractivity (Wildman–Crippen MR) is 56.3 cm³/mol. The first-order chi connectivity index (χ1) is 8.12. The summed E-state index contributed by atoms with van der Waals surface area (Å²) in [5.74, 6) is 0. The fourth-order valence-corrected chi connectivity index (χ4v) is 2.79. The molecule has 1 fully saturated rings. The largest absolute Gasteiger partial charge is 0.397 e. The standard InChI is InChI=1S/C6H13NO9S2/c8-3-5-6(7-17(9,10)11)4(1-2-15-5)16-18(12,13)14/h4-8H,1-3H2,(H,9,10,11)(H,12,13,14). The van der Waals surface area contributed by atoms with Gasteiger partial charge in [-0.15, -0.1) is 0 Å². The van der Waals surface area contributed by atoms with E-state index >= 15 is 0 Å². The maximum atomic E-state index is 10.7. The van der Waals surface area contributed by atoms with E-state index in [-0.39, 0.29) is 13.0 Å². The second-order valence-corrected chi connectivity index (χ2v) is 5.80. The van der Waals surface area contributed by atoms with Crippen LogP contribution in [0.3, 0.4) is 0 Å². The summed E-state index contributed by atoms with van der Waals surface area (Å²) in [5, 5.41) is 8.97. The van der Waals surface area contributed by atoms with Crippen LogP contribution in [0.15, 0.2) is 0 Å². The zero-order chi connectivity index (χ0) is 14.0. The summed E-state index contributed by atoms with van der Waals surface area (Å²) in [6.45, 7) is -0.631. The Hall–Kier alpha value is -0.340. The Bertz CT molecular complexity index is 471. The predicted octanol–water partition coefficient (Wildman–Crippen LogP) is -2.28. The Balaban J connectivity index is 2.90. The van der Waals surface area contributed by atoms with Crippen molar-refractivity contribution >= 4 is 20.7 Å². The maximum Gasteiger partial charge on any atom is 0.397 e. The molecule has 0 bridgehead atoms. The molecule has 3 unspecified atom stereocenters. The van der Waals surface area contributed by atoms with Crippen LogP contribution < -0.4 is 4.72 Å². The van der Waals surface area contributed by atoms with Crippen molar-refractivity contribution in [2.75, 3.05) is 13.2 Å². The third kappa shape index (κ3) is 5.11. The van der Waals surface area contributed by atoms with E-state index < -0.39 is 45.6 Å². The lowest BCUT2D eigenvalue weighted by Crippen LogP contribution is -2.57. The lowest BCUT2D eigenvalue weighted by Gasteiger charge is -2.35. The minimum atomic E-state index is -4.80. The molecule has 12 heteroatoms. The zero-order valence-corrected chi connectivity index (χ0v) is 10.6. The van der Waals surface area contributed by atoms with E-state index in [4.69, 9.17) is 18.9 Å². The molecular weight excluding hydrogens is 294 g/mol. The van der Waals surface area contributed by atoms with Gasteiger partial charge in [-0.3, -0.25) is 9.11 Å². The average Bonchev–Trinajstić information content (AvgIpc) is 2.16. The molecule has 4 N–H and O–H groups in total. The Morgan fingerprint density at radius 1 is 1.28 bits per heavy atom. The summed E-state index contributed by atoms with van der Waals surface area (Å²) < 4.78 is 70.8. The molecule has 1 aliphatic heterocycles. The van der Waals surface area contributed by atoms with Gasteiger partial charge >= 0.3 is 20.7 Å². The van der Waals surface area contributed by atoms with E-state index in [2.05, 4.69) is 4.18 Å². The van der Waals surface area contributed by atoms with Gasteiger partial charge in [-0.2, -0.15) is 21.6 Å². The lowest BCUT2D eigenvalue weighted by atomic mass is 10.0. The molecule has 0 radical (unpaired) electrons. The fraction of sp³-hybridized carbons (Fsp3) is 1.00. The van der Waals surface area contributed by atoms with Gasteiger partial charge in [0.2, 0.25) is 0 Å². The van der Waals surface area contributed by atoms with Gasteiger partial charge in [0.05, 0.1) is 18.8 Å². The van der Waals surface area contributed by atoms with Gasteiger partial charge in [0.1, 0.15) is 6.10 Å². The first-order valence-corrected chi connectivity index (χ1v) is 7.56. The summed E-state index contributed by atoms with van der Waals surface area (Å²) in [6.07, 6.45) is -2.45. The van der Waals surface area contributed by atoms with Crippen LogP contribution in [0.5, 0.6) is 0 Å². The highest BCUT2D eigenvalue weighted by molar-refractivity contribution is 7.83. The van der Waals surface area contributed by atoms with E-state index in [1.54, 1.807) is 4.72 Å². The van der Waals surface area contributed by atoms with Gasteiger partial charge in [-0.1, -0.05) is 0 Å². The summed E-state index contributed by atoms with van der Waals surface area (Å²) in [7, 11) is -9.45. The van der Waals surface area contributed by atoms with E-state index in [9.17, 15) is 16.8 Å². The Kier molecular flexibility index (Phi) is 5.02. The SMILES string of the molecule is O=S(=O)(O)NC1C(CO)OCCC1OS(=O)(=O)O. The molecule has 108 valence electrons. The molecule has 0 spiro atoms. The zero-order valence-electron chi connectivity index (χ0n) is 8.96. The molecule has 1 aliphatic rings. The van der Waals surface area contributed by atoms with Crippen LogP contribution in [0.4, 0.5) is 0 Å². The van der Waals surface area contributed by atoms with Crippen molar-refractivity contribution in [1.82, 2.24) is 4.72 Å². The van der Waals surface area contributed by atoms with Gasteiger partial charge in [0.15, 0.2) is 0 Å². The fourth-order valence-electron chi connectivity index (χ4n) is 1.61. The number of rotatable bonds is 5. The maximum absolute atomic E-state index is 10.7. The molecule has 1 heterocycles. The van der Waals surface area contributed by atoms with Gasteiger partial charge in [-0.25, -0.2) is 4.18 Å². The molecule has 3 atom stereocenters. The van der Waals surface area contributed by atoms with Gasteiger partial charge in [0, 0.05) is 13.0 Å². The molecule has 0 aromatic carbocycles. The Morgan fingerprint density at radius 2 is 1.89 bits per heavy atom. The van der Waals surface area contributed by atoms with Crippen LogP contribution in [-0.4, -0.2) is 62.5 Å². The van der Waals surface area contributed by atoms with Crippen molar-refractivity contribution in [3.05, 3.63) is 0 Å². The van der Waals surface area contributed by atoms with Crippen LogP contribution in [0.25, 0.3) is 0 Å². The van der Waals surface area contributed by atoms with Crippen LogP contribution in [0.2, 0.25) is 0 Å². The minimum absolute atomic E-state index is 0.00489. The van der Waals surface area contributed by atoms with Crippen molar-refractivity contribution in [3.8, 4) is 0 Å². The lowest BCUT2D eigenvalue weighted by molar-refractivity contribution is -0.0775. The normalized spacial score (nSPS) is 30.3. The van der Waals surface area contributed by atoms with Crippen LogP contribution in [0.1, 0.15) is 6.42 Å². The molecule has 0 aromatic heterocycles. The smallest absolute Gasteiger partial charge is 0.394 e. The molecule has 0 amide bonds. The minimum Gasteiger partial charge on any atom is -0.394 e. The highest BCUT2D eigenvalue weighted by Gasteiger charge is 2.39. The van der Waals surface area contributed by atoms with Crippen LogP contribution in [-0.2, 0) is 29.6 Å². The number of aliphatic hydroxyl groups excluding tert-OH is 1. The quantitative estimate of drug-likeness (QED) is 0.410. The average molecular weight is 307 g/mol. The first kappa shape index (κ1) is 15.7. The molecule has 1 saturated heterocycles. The van der Waals surface area contributed by atoms with Crippen LogP contribution >= 0.6 is 0 Å². The number of hydrogen-bond donors (Lipinski definition) is 4. The van der Waals surface area contributed by atoms with E-state index in [1.165, 1.54) is 0 Å². The number of hydrogen-bond acceptors (Lipinski definition) is 7. The number of nitrogens with one attached hydrogen (secondary N) is 1. The van der Waals surface area contributed by atoms with Crippen molar-refractivity contribution < 1.29 is 40.0 Å². The van der Waals surface area contributed by atoms with Crippen LogP contribution in [0, 0.1) is 0 Å². The number of aliphatic hydroxyl groups is 1. The summed E-state index contributed by atoms with van der Waals surface area (Å²) in [4.78, 5) is 0. The summed E-state index contributed by atoms with van der Waals surface area (Å²) >= 11 is 0. The monoisotopic (exact) mass is 307 g/mol. The highest BCUT2D eigenvalue weighted by atomic mass is 32.3. The van der Waals surface area contributed by atoms with Crippen molar-refractivity contribution in [2.45, 2.75) is 24.7 Å². The van der Waals surface area contributed by atoms with Crippen molar-refractivity contribution in [2.24, 2.45) is 0 Å².